The SMILES string of the molecule is CCCN1C(=O)c2ccccc2N[C@@H]1c1cc(OC)c(O)c(OC)c1. The van der Waals surface area contributed by atoms with E-state index in [4.69, 9.17) is 9.47 Å². The second-order valence-corrected chi connectivity index (χ2v) is 5.87. The van der Waals surface area contributed by atoms with Gasteiger partial charge in [-0.2, -0.15) is 0 Å². The molecule has 0 aromatic heterocycles. The second-order valence-electron chi connectivity index (χ2n) is 5.87. The van der Waals surface area contributed by atoms with Crippen molar-refractivity contribution in [3.63, 3.8) is 0 Å². The Morgan fingerprint density at radius 2 is 1.80 bits per heavy atom. The summed E-state index contributed by atoms with van der Waals surface area (Å²) < 4.78 is 10.5. The van der Waals surface area contributed by atoms with Gasteiger partial charge in [0.1, 0.15) is 6.17 Å². The zero-order valence-corrected chi connectivity index (χ0v) is 14.6. The molecule has 0 saturated heterocycles. The molecule has 0 radical (unpaired) electrons. The van der Waals surface area contributed by atoms with Gasteiger partial charge in [-0.05, 0) is 30.7 Å². The van der Waals surface area contributed by atoms with E-state index in [0.717, 1.165) is 17.7 Å². The van der Waals surface area contributed by atoms with E-state index in [9.17, 15) is 9.90 Å². The number of anilines is 1. The van der Waals surface area contributed by atoms with E-state index in [1.165, 1.54) is 14.2 Å². The van der Waals surface area contributed by atoms with E-state index >= 15 is 0 Å². The maximum Gasteiger partial charge on any atom is 0.257 e. The van der Waals surface area contributed by atoms with Gasteiger partial charge in [0.15, 0.2) is 11.5 Å². The van der Waals surface area contributed by atoms with Crippen LogP contribution in [0.2, 0.25) is 0 Å². The summed E-state index contributed by atoms with van der Waals surface area (Å²) in [5, 5.41) is 13.6. The first kappa shape index (κ1) is 17.0. The minimum Gasteiger partial charge on any atom is -0.502 e. The van der Waals surface area contributed by atoms with Crippen molar-refractivity contribution >= 4 is 11.6 Å². The predicted molar refractivity (Wildman–Crippen MR) is 95.3 cm³/mol. The maximum absolute atomic E-state index is 12.9. The summed E-state index contributed by atoms with van der Waals surface area (Å²) in [4.78, 5) is 14.7. The van der Waals surface area contributed by atoms with E-state index in [1.807, 2.05) is 31.2 Å². The van der Waals surface area contributed by atoms with Gasteiger partial charge in [-0.1, -0.05) is 19.1 Å². The van der Waals surface area contributed by atoms with Crippen molar-refractivity contribution in [1.82, 2.24) is 4.90 Å². The van der Waals surface area contributed by atoms with E-state index in [0.29, 0.717) is 23.6 Å². The largest absolute Gasteiger partial charge is 0.502 e. The zero-order chi connectivity index (χ0) is 18.0. The number of aromatic hydroxyl groups is 1. The molecule has 0 aliphatic carbocycles. The number of carbonyl (C=O) groups is 1. The molecule has 3 rings (SSSR count). The van der Waals surface area contributed by atoms with E-state index < -0.39 is 0 Å². The van der Waals surface area contributed by atoms with Gasteiger partial charge in [-0.3, -0.25) is 4.79 Å². The Kier molecular flexibility index (Phi) is 4.70. The van der Waals surface area contributed by atoms with Crippen molar-refractivity contribution in [2.45, 2.75) is 19.5 Å². The van der Waals surface area contributed by atoms with Crippen molar-refractivity contribution in [2.24, 2.45) is 0 Å². The Morgan fingerprint density at radius 1 is 1.16 bits per heavy atom. The van der Waals surface area contributed by atoms with Gasteiger partial charge in [0.25, 0.3) is 5.91 Å². The Bertz CT molecular complexity index is 766. The normalized spacial score (nSPS) is 16.2. The molecule has 6 nitrogen and oxygen atoms in total. The molecule has 0 saturated carbocycles. The highest BCUT2D eigenvalue weighted by Gasteiger charge is 2.33. The molecule has 25 heavy (non-hydrogen) atoms. The standard InChI is InChI=1S/C19H22N2O4/c1-4-9-21-18(20-14-8-6-5-7-13(14)19(21)23)12-10-15(24-2)17(22)16(11-12)25-3/h5-8,10-11,18,20,22H,4,9H2,1-3H3/t18-/m0/s1. The number of benzene rings is 2. The quantitative estimate of drug-likeness (QED) is 0.871. The summed E-state index contributed by atoms with van der Waals surface area (Å²) in [5.74, 6) is 0.531. The van der Waals surface area contributed by atoms with Gasteiger partial charge in [-0.25, -0.2) is 0 Å². The molecule has 1 heterocycles. The number of nitrogens with one attached hydrogen (secondary N) is 1. The van der Waals surface area contributed by atoms with Crippen LogP contribution >= 0.6 is 0 Å². The lowest BCUT2D eigenvalue weighted by Gasteiger charge is -2.38. The van der Waals surface area contributed by atoms with Gasteiger partial charge in [-0.15, -0.1) is 0 Å². The number of hydrogen-bond donors (Lipinski definition) is 2. The molecule has 0 bridgehead atoms. The Labute approximate surface area is 147 Å². The van der Waals surface area contributed by atoms with E-state index in [-0.39, 0.29) is 17.8 Å². The highest BCUT2D eigenvalue weighted by atomic mass is 16.5. The van der Waals surface area contributed by atoms with Crippen LogP contribution in [-0.4, -0.2) is 36.7 Å². The van der Waals surface area contributed by atoms with Crippen molar-refractivity contribution in [2.75, 3.05) is 26.1 Å². The number of phenolic OH excluding ortho intramolecular Hbond substituents is 1. The number of nitrogens with zero attached hydrogens (tertiary/aromatic N) is 1. The minimum absolute atomic E-state index is 0.0211. The molecule has 0 fully saturated rings. The van der Waals surface area contributed by atoms with Crippen LogP contribution < -0.4 is 14.8 Å². The number of hydrogen-bond acceptors (Lipinski definition) is 5. The molecule has 6 heteroatoms. The van der Waals surface area contributed by atoms with Crippen molar-refractivity contribution < 1.29 is 19.4 Å². The number of amides is 1. The molecular formula is C19H22N2O4. The number of para-hydroxylation sites is 1. The summed E-state index contributed by atoms with van der Waals surface area (Å²) in [6.45, 7) is 2.64. The maximum atomic E-state index is 12.9. The van der Waals surface area contributed by atoms with Crippen LogP contribution in [0.1, 0.15) is 35.4 Å². The van der Waals surface area contributed by atoms with Crippen molar-refractivity contribution in [3.05, 3.63) is 47.5 Å². The molecule has 0 unspecified atom stereocenters. The van der Waals surface area contributed by atoms with E-state index in [1.54, 1.807) is 17.0 Å². The van der Waals surface area contributed by atoms with Crippen LogP contribution in [0.4, 0.5) is 5.69 Å². The molecule has 2 aromatic carbocycles. The topological polar surface area (TPSA) is 71.0 Å². The van der Waals surface area contributed by atoms with Crippen LogP contribution in [0.15, 0.2) is 36.4 Å². The monoisotopic (exact) mass is 342 g/mol. The highest BCUT2D eigenvalue weighted by molar-refractivity contribution is 6.01. The molecule has 2 N–H and O–H groups in total. The molecule has 1 amide bonds. The van der Waals surface area contributed by atoms with Gasteiger partial charge >= 0.3 is 0 Å². The van der Waals surface area contributed by atoms with Gasteiger partial charge in [0.05, 0.1) is 19.8 Å². The molecule has 132 valence electrons. The predicted octanol–water partition coefficient (Wildman–Crippen LogP) is 3.39. The van der Waals surface area contributed by atoms with Gasteiger partial charge in [0, 0.05) is 17.8 Å². The molecule has 1 aliphatic rings. The third kappa shape index (κ3) is 2.95. The van der Waals surface area contributed by atoms with Crippen LogP contribution in [0, 0.1) is 0 Å². The number of methoxy groups -OCH3 is 2. The number of carbonyl (C=O) groups excluding carboxylic acids is 1. The fraction of sp³-hybridized carbons (Fsp3) is 0.316. The van der Waals surface area contributed by atoms with E-state index in [2.05, 4.69) is 5.32 Å². The molecular weight excluding hydrogens is 320 g/mol. The fourth-order valence-corrected chi connectivity index (χ4v) is 3.10. The molecule has 1 aliphatic heterocycles. The van der Waals surface area contributed by atoms with Gasteiger partial charge < -0.3 is 24.8 Å². The summed E-state index contributed by atoms with van der Waals surface area (Å²) >= 11 is 0. The number of fused-ring (bicyclic) bond motifs is 1. The Morgan fingerprint density at radius 3 is 2.40 bits per heavy atom. The van der Waals surface area contributed by atoms with Gasteiger partial charge in [0.2, 0.25) is 5.75 Å². The first-order chi connectivity index (χ1) is 12.1. The minimum atomic E-state index is -0.370. The number of ether oxygens (including phenoxy) is 2. The lowest BCUT2D eigenvalue weighted by molar-refractivity contribution is 0.0683. The smallest absolute Gasteiger partial charge is 0.257 e. The molecule has 2 aromatic rings. The summed E-state index contributed by atoms with van der Waals surface area (Å²) in [5.41, 5.74) is 2.23. The summed E-state index contributed by atoms with van der Waals surface area (Å²) in [6, 6.07) is 10.9. The average Bonchev–Trinajstić information content (AvgIpc) is 2.64. The Hall–Kier alpha value is -2.89. The first-order valence-corrected chi connectivity index (χ1v) is 8.22. The molecule has 1 atom stereocenters. The summed E-state index contributed by atoms with van der Waals surface area (Å²) in [7, 11) is 2.97. The lowest BCUT2D eigenvalue weighted by atomic mass is 10.0. The fourth-order valence-electron chi connectivity index (χ4n) is 3.10. The first-order valence-electron chi connectivity index (χ1n) is 8.22. The van der Waals surface area contributed by atoms with Crippen LogP contribution in [0.5, 0.6) is 17.2 Å². The second kappa shape index (κ2) is 6.93. The lowest BCUT2D eigenvalue weighted by Crippen LogP contribution is -2.43. The average molecular weight is 342 g/mol. The van der Waals surface area contributed by atoms with Crippen LogP contribution in [0.25, 0.3) is 0 Å². The number of phenols is 1. The number of rotatable bonds is 5. The van der Waals surface area contributed by atoms with Crippen molar-refractivity contribution in [1.29, 1.82) is 0 Å². The zero-order valence-electron chi connectivity index (χ0n) is 14.6. The third-order valence-corrected chi connectivity index (χ3v) is 4.30. The highest BCUT2D eigenvalue weighted by Crippen LogP contribution is 2.41. The van der Waals surface area contributed by atoms with Crippen molar-refractivity contribution in [3.8, 4) is 17.2 Å². The third-order valence-electron chi connectivity index (χ3n) is 4.30. The van der Waals surface area contributed by atoms with Crippen LogP contribution in [-0.2, 0) is 0 Å². The molecule has 0 spiro atoms. The van der Waals surface area contributed by atoms with Crippen LogP contribution in [0.3, 0.4) is 0 Å². The Balaban J connectivity index is 2.10. The summed E-state index contributed by atoms with van der Waals surface area (Å²) in [6.07, 6.45) is 0.462.